The number of nitrogens with two attached hydrogens (primary N) is 1. The van der Waals surface area contributed by atoms with Gasteiger partial charge in [0.05, 0.1) is 12.5 Å². The molecule has 1 aromatic carbocycles. The van der Waals surface area contributed by atoms with Gasteiger partial charge in [0.1, 0.15) is 18.1 Å². The molecule has 4 atom stereocenters. The number of carboxylic acid groups (broad SMARTS) is 2. The summed E-state index contributed by atoms with van der Waals surface area (Å²) in [6.07, 6.45) is 2.49. The van der Waals surface area contributed by atoms with Crippen LogP contribution in [0.1, 0.15) is 31.2 Å². The fourth-order valence-electron chi connectivity index (χ4n) is 3.86. The van der Waals surface area contributed by atoms with Gasteiger partial charge in [0.2, 0.25) is 17.7 Å². The van der Waals surface area contributed by atoms with Crippen LogP contribution in [0.15, 0.2) is 30.3 Å². The van der Waals surface area contributed by atoms with Crippen LogP contribution < -0.4 is 16.4 Å². The van der Waals surface area contributed by atoms with Gasteiger partial charge in [-0.1, -0.05) is 30.3 Å². The highest BCUT2D eigenvalue weighted by Gasteiger charge is 2.38. The minimum absolute atomic E-state index is 0.0194. The highest BCUT2D eigenvalue weighted by molar-refractivity contribution is 7.98. The average molecular weight is 509 g/mol. The van der Waals surface area contributed by atoms with Crippen LogP contribution in [0.2, 0.25) is 0 Å². The van der Waals surface area contributed by atoms with Gasteiger partial charge in [0.15, 0.2) is 0 Å². The number of carbonyl (C=O) groups is 5. The fourth-order valence-corrected chi connectivity index (χ4v) is 4.35. The lowest BCUT2D eigenvalue weighted by Gasteiger charge is -2.28. The minimum atomic E-state index is -1.51. The molecule has 192 valence electrons. The first-order valence-corrected chi connectivity index (χ1v) is 12.7. The molecule has 1 aliphatic rings. The lowest BCUT2D eigenvalue weighted by atomic mass is 10.0. The van der Waals surface area contributed by atoms with Gasteiger partial charge in [-0.05, 0) is 36.8 Å². The highest BCUT2D eigenvalue weighted by Crippen LogP contribution is 2.19. The summed E-state index contributed by atoms with van der Waals surface area (Å²) in [6, 6.07) is 4.15. The first-order valence-electron chi connectivity index (χ1n) is 11.3. The van der Waals surface area contributed by atoms with E-state index in [2.05, 4.69) is 10.6 Å². The molecule has 12 heteroatoms. The van der Waals surface area contributed by atoms with Crippen molar-refractivity contribution in [3.63, 3.8) is 0 Å². The number of nitrogens with one attached hydrogen (secondary N) is 2. The Morgan fingerprint density at radius 3 is 2.40 bits per heavy atom. The van der Waals surface area contributed by atoms with Crippen LogP contribution in [0.5, 0.6) is 0 Å². The van der Waals surface area contributed by atoms with Gasteiger partial charge in [0.25, 0.3) is 0 Å². The Labute approximate surface area is 207 Å². The number of hydrogen-bond acceptors (Lipinski definition) is 7. The molecule has 3 amide bonds. The first kappa shape index (κ1) is 28.1. The van der Waals surface area contributed by atoms with Gasteiger partial charge in [-0.15, -0.1) is 0 Å². The summed E-state index contributed by atoms with van der Waals surface area (Å²) in [5, 5.41) is 23.5. The summed E-state index contributed by atoms with van der Waals surface area (Å²) < 4.78 is 0. The van der Waals surface area contributed by atoms with E-state index in [1.807, 2.05) is 6.26 Å². The van der Waals surface area contributed by atoms with Crippen molar-refractivity contribution in [1.29, 1.82) is 0 Å². The second kappa shape index (κ2) is 13.7. The quantitative estimate of drug-likeness (QED) is 0.242. The third-order valence-electron chi connectivity index (χ3n) is 5.70. The second-order valence-electron chi connectivity index (χ2n) is 8.33. The lowest BCUT2D eigenvalue weighted by Crippen LogP contribution is -2.57. The van der Waals surface area contributed by atoms with Gasteiger partial charge in [-0.2, -0.15) is 11.8 Å². The summed E-state index contributed by atoms with van der Waals surface area (Å²) in [6.45, 7) is 0.331. The van der Waals surface area contributed by atoms with E-state index in [9.17, 15) is 34.2 Å². The van der Waals surface area contributed by atoms with Crippen LogP contribution in [-0.2, 0) is 30.4 Å². The molecule has 1 aliphatic heterocycles. The molecule has 0 bridgehead atoms. The van der Waals surface area contributed by atoms with Crippen LogP contribution in [0.25, 0.3) is 0 Å². The number of aliphatic carboxylic acids is 2. The zero-order valence-corrected chi connectivity index (χ0v) is 20.3. The standard InChI is InChI=1S/C23H32N4O7S/c1-35-11-9-15(24)22(32)27-10-5-8-18(27)21(31)25-16(13-19(28)29)20(30)26-17(23(33)34)12-14-6-3-2-4-7-14/h2-4,6-7,15-18H,5,8-13,24H2,1H3,(H,25,31)(H,26,30)(H,28,29)(H,33,34). The van der Waals surface area contributed by atoms with E-state index in [-0.39, 0.29) is 12.3 Å². The van der Waals surface area contributed by atoms with E-state index < -0.39 is 54.3 Å². The number of nitrogens with zero attached hydrogens (tertiary/aromatic N) is 1. The number of hydrogen-bond donors (Lipinski definition) is 5. The number of amides is 3. The van der Waals surface area contributed by atoms with Crippen molar-refractivity contribution in [3.8, 4) is 0 Å². The van der Waals surface area contributed by atoms with Crippen LogP contribution >= 0.6 is 11.8 Å². The van der Waals surface area contributed by atoms with Gasteiger partial charge >= 0.3 is 11.9 Å². The number of carbonyl (C=O) groups excluding carboxylic acids is 3. The molecule has 1 heterocycles. The largest absolute Gasteiger partial charge is 0.481 e. The van der Waals surface area contributed by atoms with Gasteiger partial charge < -0.3 is 31.5 Å². The Morgan fingerprint density at radius 2 is 1.80 bits per heavy atom. The number of thioether (sulfide) groups is 1. The third-order valence-corrected chi connectivity index (χ3v) is 6.34. The number of carboxylic acids is 2. The average Bonchev–Trinajstić information content (AvgIpc) is 3.31. The topological polar surface area (TPSA) is 179 Å². The predicted octanol–water partition coefficient (Wildman–Crippen LogP) is -0.171. The van der Waals surface area contributed by atoms with Crippen molar-refractivity contribution < 1.29 is 34.2 Å². The molecule has 0 aromatic heterocycles. The molecule has 6 N–H and O–H groups in total. The van der Waals surface area contributed by atoms with Crippen molar-refractivity contribution in [2.75, 3.05) is 18.6 Å². The predicted molar refractivity (Wildman–Crippen MR) is 130 cm³/mol. The van der Waals surface area contributed by atoms with E-state index in [1.165, 1.54) is 4.90 Å². The molecule has 11 nitrogen and oxygen atoms in total. The fraction of sp³-hybridized carbons (Fsp3) is 0.522. The molecular formula is C23H32N4O7S. The van der Waals surface area contributed by atoms with Gasteiger partial charge in [0, 0.05) is 13.0 Å². The number of benzene rings is 1. The smallest absolute Gasteiger partial charge is 0.326 e. The molecule has 0 saturated carbocycles. The summed E-state index contributed by atoms with van der Waals surface area (Å²) in [5.74, 6) is -3.94. The summed E-state index contributed by atoms with van der Waals surface area (Å²) in [5.41, 5.74) is 6.64. The highest BCUT2D eigenvalue weighted by atomic mass is 32.2. The van der Waals surface area contributed by atoms with Crippen LogP contribution in [0.4, 0.5) is 0 Å². The molecule has 0 spiro atoms. The van der Waals surface area contributed by atoms with Crippen LogP contribution in [0.3, 0.4) is 0 Å². The van der Waals surface area contributed by atoms with E-state index in [0.29, 0.717) is 37.1 Å². The van der Waals surface area contributed by atoms with Crippen LogP contribution in [0, 0.1) is 0 Å². The molecule has 1 fully saturated rings. The normalized spacial score (nSPS) is 17.8. The van der Waals surface area contributed by atoms with E-state index in [0.717, 1.165) is 0 Å². The van der Waals surface area contributed by atoms with Crippen molar-refractivity contribution >= 4 is 41.4 Å². The van der Waals surface area contributed by atoms with Crippen molar-refractivity contribution in [1.82, 2.24) is 15.5 Å². The summed E-state index contributed by atoms with van der Waals surface area (Å²) in [7, 11) is 0. The van der Waals surface area contributed by atoms with Gasteiger partial charge in [-0.25, -0.2) is 4.79 Å². The second-order valence-corrected chi connectivity index (χ2v) is 9.31. The van der Waals surface area contributed by atoms with E-state index in [1.54, 1.807) is 42.1 Å². The number of rotatable bonds is 13. The van der Waals surface area contributed by atoms with E-state index in [4.69, 9.17) is 5.73 Å². The number of likely N-dealkylation sites (tertiary alicyclic amines) is 1. The molecule has 4 unspecified atom stereocenters. The van der Waals surface area contributed by atoms with Gasteiger partial charge in [-0.3, -0.25) is 19.2 Å². The SMILES string of the molecule is CSCCC(N)C(=O)N1CCCC1C(=O)NC(CC(=O)O)C(=O)NC(Cc1ccccc1)C(=O)O. The maximum Gasteiger partial charge on any atom is 0.326 e. The summed E-state index contributed by atoms with van der Waals surface area (Å²) >= 11 is 1.55. The Morgan fingerprint density at radius 1 is 1.11 bits per heavy atom. The van der Waals surface area contributed by atoms with Crippen molar-refractivity contribution in [3.05, 3.63) is 35.9 Å². The van der Waals surface area contributed by atoms with Crippen LogP contribution in [-0.4, -0.2) is 87.5 Å². The van der Waals surface area contributed by atoms with E-state index >= 15 is 0 Å². The Hall–Kier alpha value is -3.12. The Balaban J connectivity index is 2.09. The summed E-state index contributed by atoms with van der Waals surface area (Å²) in [4.78, 5) is 62.9. The van der Waals surface area contributed by atoms with Crippen molar-refractivity contribution in [2.45, 2.75) is 56.3 Å². The molecule has 2 rings (SSSR count). The Bertz CT molecular complexity index is 914. The first-order chi connectivity index (χ1) is 16.6. The molecular weight excluding hydrogens is 476 g/mol. The molecule has 1 aromatic rings. The zero-order chi connectivity index (χ0) is 26.0. The third kappa shape index (κ3) is 8.55. The monoisotopic (exact) mass is 508 g/mol. The molecule has 1 saturated heterocycles. The minimum Gasteiger partial charge on any atom is -0.481 e. The Kier molecular flexibility index (Phi) is 11.0. The zero-order valence-electron chi connectivity index (χ0n) is 19.5. The maximum absolute atomic E-state index is 13.0. The molecule has 0 radical (unpaired) electrons. The molecule has 35 heavy (non-hydrogen) atoms. The van der Waals surface area contributed by atoms with Crippen molar-refractivity contribution in [2.24, 2.45) is 5.73 Å². The lowest BCUT2D eigenvalue weighted by molar-refractivity contribution is -0.144. The molecule has 0 aliphatic carbocycles. The maximum atomic E-state index is 13.0.